The normalized spacial score (nSPS) is 10.8. The summed E-state index contributed by atoms with van der Waals surface area (Å²) < 4.78 is 0. The number of hydrogen-bond donors (Lipinski definition) is 0. The van der Waals surface area contributed by atoms with Gasteiger partial charge in [0.25, 0.3) is 0 Å². The second-order valence-electron chi connectivity index (χ2n) is 4.84. The number of aryl methyl sites for hydroxylation is 2. The summed E-state index contributed by atoms with van der Waals surface area (Å²) in [6, 6.07) is 6.17. The van der Waals surface area contributed by atoms with Crippen molar-refractivity contribution in [3.63, 3.8) is 0 Å². The molecule has 0 heterocycles. The first-order chi connectivity index (χ1) is 9.04. The Bertz CT molecular complexity index is 405. The minimum absolute atomic E-state index is 0.184. The lowest BCUT2D eigenvalue weighted by molar-refractivity contribution is -0.119. The molecule has 1 rings (SSSR count). The molecule has 0 spiro atoms. The zero-order valence-corrected chi connectivity index (χ0v) is 12.9. The van der Waals surface area contributed by atoms with Gasteiger partial charge >= 0.3 is 0 Å². The largest absolute Gasteiger partial charge is 0.311 e. The summed E-state index contributed by atoms with van der Waals surface area (Å²) in [4.78, 5) is 16.5. The molecule has 0 atom stereocenters. The van der Waals surface area contributed by atoms with Gasteiger partial charge in [0, 0.05) is 12.2 Å². The third-order valence-corrected chi connectivity index (χ3v) is 3.58. The quantitative estimate of drug-likeness (QED) is 0.787. The average molecular weight is 262 g/mol. The van der Waals surface area contributed by atoms with E-state index in [1.54, 1.807) is 0 Å². The van der Waals surface area contributed by atoms with Gasteiger partial charge in [-0.2, -0.15) is 0 Å². The molecule has 19 heavy (non-hydrogen) atoms. The van der Waals surface area contributed by atoms with Gasteiger partial charge in [-0.15, -0.1) is 0 Å². The third-order valence-electron chi connectivity index (χ3n) is 3.58. The molecule has 1 aromatic carbocycles. The van der Waals surface area contributed by atoms with E-state index in [0.29, 0.717) is 13.1 Å². The van der Waals surface area contributed by atoms with E-state index in [-0.39, 0.29) is 5.91 Å². The summed E-state index contributed by atoms with van der Waals surface area (Å²) >= 11 is 0. The maximum absolute atomic E-state index is 12.5. The highest BCUT2D eigenvalue weighted by Crippen LogP contribution is 2.24. The summed E-state index contributed by atoms with van der Waals surface area (Å²) in [5, 5.41) is 0. The van der Waals surface area contributed by atoms with E-state index >= 15 is 0 Å². The standard InChI is InChI=1S/C16H26N2O/c1-6-17(7-2)12-15(19)18(8-3)16-13(4)10-9-11-14(16)5/h9-11H,6-8,12H2,1-5H3. The number of carbonyl (C=O) groups is 1. The van der Waals surface area contributed by atoms with Gasteiger partial charge < -0.3 is 4.90 Å². The summed E-state index contributed by atoms with van der Waals surface area (Å²) in [7, 11) is 0. The van der Waals surface area contributed by atoms with E-state index in [0.717, 1.165) is 29.9 Å². The van der Waals surface area contributed by atoms with Crippen molar-refractivity contribution in [3.05, 3.63) is 29.3 Å². The number of carbonyl (C=O) groups excluding carboxylic acids is 1. The van der Waals surface area contributed by atoms with Crippen molar-refractivity contribution in [3.8, 4) is 0 Å². The van der Waals surface area contributed by atoms with Crippen LogP contribution in [0.15, 0.2) is 18.2 Å². The van der Waals surface area contributed by atoms with E-state index < -0.39 is 0 Å². The van der Waals surface area contributed by atoms with Crippen LogP contribution in [-0.2, 0) is 4.79 Å². The van der Waals surface area contributed by atoms with Crippen LogP contribution in [0.4, 0.5) is 5.69 Å². The van der Waals surface area contributed by atoms with Gasteiger partial charge in [-0.25, -0.2) is 0 Å². The molecule has 3 heteroatoms. The molecule has 0 radical (unpaired) electrons. The Hall–Kier alpha value is -1.35. The molecule has 0 N–H and O–H groups in total. The molecule has 0 unspecified atom stereocenters. The van der Waals surface area contributed by atoms with E-state index in [9.17, 15) is 4.79 Å². The van der Waals surface area contributed by atoms with Crippen molar-refractivity contribution in [2.24, 2.45) is 0 Å². The first-order valence-corrected chi connectivity index (χ1v) is 7.14. The van der Waals surface area contributed by atoms with Gasteiger partial charge in [0.2, 0.25) is 5.91 Å². The maximum Gasteiger partial charge on any atom is 0.241 e. The second kappa shape index (κ2) is 7.29. The van der Waals surface area contributed by atoms with Gasteiger partial charge in [0.1, 0.15) is 0 Å². The monoisotopic (exact) mass is 262 g/mol. The van der Waals surface area contributed by atoms with Crippen molar-refractivity contribution in [1.82, 2.24) is 4.90 Å². The molecular formula is C16H26N2O. The van der Waals surface area contributed by atoms with Crippen LogP contribution in [0.1, 0.15) is 31.9 Å². The molecule has 106 valence electrons. The highest BCUT2D eigenvalue weighted by molar-refractivity contribution is 5.96. The zero-order valence-electron chi connectivity index (χ0n) is 12.9. The van der Waals surface area contributed by atoms with Gasteiger partial charge in [-0.3, -0.25) is 9.69 Å². The van der Waals surface area contributed by atoms with Crippen LogP contribution in [0.5, 0.6) is 0 Å². The molecule has 0 saturated heterocycles. The fourth-order valence-corrected chi connectivity index (χ4v) is 2.41. The van der Waals surface area contributed by atoms with Gasteiger partial charge in [-0.05, 0) is 45.0 Å². The van der Waals surface area contributed by atoms with Crippen LogP contribution < -0.4 is 4.90 Å². The summed E-state index contributed by atoms with van der Waals surface area (Å²) in [5.74, 6) is 0.184. The Morgan fingerprint density at radius 1 is 1.00 bits per heavy atom. The molecule has 1 amide bonds. The second-order valence-corrected chi connectivity index (χ2v) is 4.84. The molecule has 0 aliphatic carbocycles. The number of nitrogens with zero attached hydrogens (tertiary/aromatic N) is 2. The predicted octanol–water partition coefficient (Wildman–Crippen LogP) is 3.00. The van der Waals surface area contributed by atoms with Crippen molar-refractivity contribution in [2.45, 2.75) is 34.6 Å². The topological polar surface area (TPSA) is 23.6 Å². The lowest BCUT2D eigenvalue weighted by atomic mass is 10.1. The zero-order chi connectivity index (χ0) is 14.4. The lowest BCUT2D eigenvalue weighted by Gasteiger charge is -2.27. The van der Waals surface area contributed by atoms with Crippen LogP contribution in [0.25, 0.3) is 0 Å². The predicted molar refractivity (Wildman–Crippen MR) is 81.7 cm³/mol. The summed E-state index contributed by atoms with van der Waals surface area (Å²) in [5.41, 5.74) is 3.40. The van der Waals surface area contributed by atoms with E-state index in [4.69, 9.17) is 0 Å². The Balaban J connectivity index is 2.97. The van der Waals surface area contributed by atoms with Gasteiger partial charge in [0.05, 0.1) is 6.54 Å². The van der Waals surface area contributed by atoms with Crippen LogP contribution >= 0.6 is 0 Å². The number of rotatable bonds is 6. The minimum atomic E-state index is 0.184. The molecule has 0 aliphatic rings. The molecular weight excluding hydrogens is 236 g/mol. The van der Waals surface area contributed by atoms with E-state index in [2.05, 4.69) is 44.7 Å². The Kier molecular flexibility index (Phi) is 6.03. The fourth-order valence-electron chi connectivity index (χ4n) is 2.41. The lowest BCUT2D eigenvalue weighted by Crippen LogP contribution is -2.41. The molecule has 0 aliphatic heterocycles. The van der Waals surface area contributed by atoms with Crippen LogP contribution in [0.3, 0.4) is 0 Å². The van der Waals surface area contributed by atoms with Crippen molar-refractivity contribution < 1.29 is 4.79 Å². The smallest absolute Gasteiger partial charge is 0.241 e. The Morgan fingerprint density at radius 3 is 1.95 bits per heavy atom. The number of amides is 1. The maximum atomic E-state index is 12.5. The number of para-hydroxylation sites is 1. The van der Waals surface area contributed by atoms with Crippen LogP contribution in [0.2, 0.25) is 0 Å². The van der Waals surface area contributed by atoms with Gasteiger partial charge in [0.15, 0.2) is 0 Å². The Morgan fingerprint density at radius 2 is 1.53 bits per heavy atom. The Labute approximate surface area is 117 Å². The molecule has 0 fully saturated rings. The molecule has 0 aromatic heterocycles. The number of benzene rings is 1. The van der Waals surface area contributed by atoms with E-state index in [1.165, 1.54) is 0 Å². The number of hydrogen-bond acceptors (Lipinski definition) is 2. The van der Waals surface area contributed by atoms with Crippen LogP contribution in [0, 0.1) is 13.8 Å². The summed E-state index contributed by atoms with van der Waals surface area (Å²) in [6.07, 6.45) is 0. The first kappa shape index (κ1) is 15.7. The summed E-state index contributed by atoms with van der Waals surface area (Å²) in [6.45, 7) is 13.4. The third kappa shape index (κ3) is 3.80. The SMILES string of the molecule is CCN(CC)CC(=O)N(CC)c1c(C)cccc1C. The molecule has 0 bridgehead atoms. The molecule has 3 nitrogen and oxygen atoms in total. The average Bonchev–Trinajstić information content (AvgIpc) is 2.40. The molecule has 1 aromatic rings. The highest BCUT2D eigenvalue weighted by atomic mass is 16.2. The van der Waals surface area contributed by atoms with Crippen molar-refractivity contribution in [1.29, 1.82) is 0 Å². The highest BCUT2D eigenvalue weighted by Gasteiger charge is 2.19. The van der Waals surface area contributed by atoms with Crippen molar-refractivity contribution >= 4 is 11.6 Å². The number of anilines is 1. The number of likely N-dealkylation sites (N-methyl/N-ethyl adjacent to an activating group) is 2. The van der Waals surface area contributed by atoms with Gasteiger partial charge in [-0.1, -0.05) is 32.0 Å². The first-order valence-electron chi connectivity index (χ1n) is 7.14. The minimum Gasteiger partial charge on any atom is -0.311 e. The van der Waals surface area contributed by atoms with Crippen molar-refractivity contribution in [2.75, 3.05) is 31.1 Å². The fraction of sp³-hybridized carbons (Fsp3) is 0.562. The van der Waals surface area contributed by atoms with E-state index in [1.807, 2.05) is 17.9 Å². The van der Waals surface area contributed by atoms with Crippen LogP contribution in [-0.4, -0.2) is 37.0 Å². The molecule has 0 saturated carbocycles.